The van der Waals surface area contributed by atoms with Gasteiger partial charge in [0.1, 0.15) is 0 Å². The third kappa shape index (κ3) is 3.44. The zero-order valence-electron chi connectivity index (χ0n) is 11.9. The van der Waals surface area contributed by atoms with Crippen LogP contribution in [0.2, 0.25) is 5.02 Å². The first-order valence-corrected chi connectivity index (χ1v) is 7.58. The van der Waals surface area contributed by atoms with Crippen molar-refractivity contribution < 1.29 is 4.79 Å². The van der Waals surface area contributed by atoms with Gasteiger partial charge in [0.05, 0.1) is 5.56 Å². The smallest absolute Gasteiger partial charge is 0.250 e. The molecule has 0 bridgehead atoms. The van der Waals surface area contributed by atoms with Crippen LogP contribution in [0.4, 0.5) is 5.69 Å². The van der Waals surface area contributed by atoms with Gasteiger partial charge in [0.2, 0.25) is 0 Å². The average molecular weight is 296 g/mol. The van der Waals surface area contributed by atoms with Crippen molar-refractivity contribution >= 4 is 23.2 Å². The van der Waals surface area contributed by atoms with Crippen molar-refractivity contribution in [2.24, 2.45) is 5.73 Å². The molecule has 1 aromatic carbocycles. The highest BCUT2D eigenvalue weighted by molar-refractivity contribution is 6.31. The van der Waals surface area contributed by atoms with E-state index >= 15 is 0 Å². The number of anilines is 1. The standard InChI is InChI=1S/C15H22ClN3O/c1-2-8-19(12-4-3-7-18-10-12)14-6-5-11(16)9-13(14)15(17)20/h5-6,9,12,18H,2-4,7-8,10H2,1H3,(H2,17,20). The van der Waals surface area contributed by atoms with Crippen LogP contribution >= 0.6 is 11.6 Å². The monoisotopic (exact) mass is 295 g/mol. The third-order valence-corrected chi connectivity index (χ3v) is 3.94. The highest BCUT2D eigenvalue weighted by Gasteiger charge is 2.23. The Labute approximate surface area is 125 Å². The van der Waals surface area contributed by atoms with Crippen LogP contribution in [0.5, 0.6) is 0 Å². The van der Waals surface area contributed by atoms with Gasteiger partial charge < -0.3 is 16.0 Å². The maximum absolute atomic E-state index is 11.7. The first-order valence-electron chi connectivity index (χ1n) is 7.20. The third-order valence-electron chi connectivity index (χ3n) is 3.71. The van der Waals surface area contributed by atoms with Gasteiger partial charge in [0.25, 0.3) is 5.91 Å². The summed E-state index contributed by atoms with van der Waals surface area (Å²) < 4.78 is 0. The number of hydrogen-bond acceptors (Lipinski definition) is 3. The van der Waals surface area contributed by atoms with E-state index in [1.54, 1.807) is 6.07 Å². The van der Waals surface area contributed by atoms with Crippen molar-refractivity contribution in [1.82, 2.24) is 5.32 Å². The number of amides is 1. The van der Waals surface area contributed by atoms with Gasteiger partial charge in [-0.25, -0.2) is 0 Å². The van der Waals surface area contributed by atoms with Crippen LogP contribution in [-0.4, -0.2) is 31.6 Å². The molecule has 1 fully saturated rings. The molecule has 1 aliphatic rings. The number of hydrogen-bond donors (Lipinski definition) is 2. The number of halogens is 1. The van der Waals surface area contributed by atoms with Gasteiger partial charge in [-0.15, -0.1) is 0 Å². The van der Waals surface area contributed by atoms with E-state index in [-0.39, 0.29) is 0 Å². The van der Waals surface area contributed by atoms with Crippen molar-refractivity contribution in [3.05, 3.63) is 28.8 Å². The van der Waals surface area contributed by atoms with E-state index in [2.05, 4.69) is 17.1 Å². The van der Waals surface area contributed by atoms with E-state index < -0.39 is 5.91 Å². The largest absolute Gasteiger partial charge is 0.367 e. The van der Waals surface area contributed by atoms with Gasteiger partial charge in [-0.05, 0) is 44.0 Å². The number of nitrogens with two attached hydrogens (primary N) is 1. The molecular weight excluding hydrogens is 274 g/mol. The molecule has 0 radical (unpaired) electrons. The van der Waals surface area contributed by atoms with Gasteiger partial charge in [-0.2, -0.15) is 0 Å². The van der Waals surface area contributed by atoms with Crippen molar-refractivity contribution in [3.63, 3.8) is 0 Å². The zero-order valence-corrected chi connectivity index (χ0v) is 12.6. The second kappa shape index (κ2) is 6.95. The molecule has 3 N–H and O–H groups in total. The van der Waals surface area contributed by atoms with Crippen LogP contribution in [-0.2, 0) is 0 Å². The fourth-order valence-corrected chi connectivity index (χ4v) is 2.97. The second-order valence-electron chi connectivity index (χ2n) is 5.22. The Hall–Kier alpha value is -1.26. The zero-order chi connectivity index (χ0) is 14.5. The summed E-state index contributed by atoms with van der Waals surface area (Å²) in [7, 11) is 0. The van der Waals surface area contributed by atoms with Gasteiger partial charge >= 0.3 is 0 Å². The average Bonchev–Trinajstić information content (AvgIpc) is 2.46. The van der Waals surface area contributed by atoms with Crippen LogP contribution in [0.15, 0.2) is 18.2 Å². The molecule has 1 amide bonds. The molecule has 0 aliphatic carbocycles. The molecule has 110 valence electrons. The normalized spacial score (nSPS) is 18.8. The van der Waals surface area contributed by atoms with E-state index in [4.69, 9.17) is 17.3 Å². The number of nitrogens with zero attached hydrogens (tertiary/aromatic N) is 1. The molecule has 20 heavy (non-hydrogen) atoms. The molecule has 1 heterocycles. The first-order chi connectivity index (χ1) is 9.63. The molecule has 1 unspecified atom stereocenters. The molecular formula is C15H22ClN3O. The van der Waals surface area contributed by atoms with Crippen molar-refractivity contribution in [3.8, 4) is 0 Å². The minimum Gasteiger partial charge on any atom is -0.367 e. The van der Waals surface area contributed by atoms with E-state index in [1.807, 2.05) is 12.1 Å². The summed E-state index contributed by atoms with van der Waals surface area (Å²) in [5.41, 5.74) is 6.92. The fraction of sp³-hybridized carbons (Fsp3) is 0.533. The Bertz CT molecular complexity index is 472. The maximum atomic E-state index is 11.7. The number of nitrogens with one attached hydrogen (secondary N) is 1. The van der Waals surface area contributed by atoms with Crippen LogP contribution < -0.4 is 16.0 Å². The predicted molar refractivity (Wildman–Crippen MR) is 83.5 cm³/mol. The Morgan fingerprint density at radius 1 is 1.55 bits per heavy atom. The minimum atomic E-state index is -0.424. The van der Waals surface area contributed by atoms with Crippen molar-refractivity contribution in [2.45, 2.75) is 32.2 Å². The van der Waals surface area contributed by atoms with Crippen molar-refractivity contribution in [2.75, 3.05) is 24.5 Å². The first kappa shape index (κ1) is 15.1. The van der Waals surface area contributed by atoms with Crippen molar-refractivity contribution in [1.29, 1.82) is 0 Å². The molecule has 4 nitrogen and oxygen atoms in total. The molecule has 1 aliphatic heterocycles. The SMILES string of the molecule is CCCN(c1ccc(Cl)cc1C(N)=O)C1CCCNC1. The van der Waals surface area contributed by atoms with Gasteiger partial charge in [-0.1, -0.05) is 18.5 Å². The number of benzene rings is 1. The Morgan fingerprint density at radius 2 is 2.35 bits per heavy atom. The van der Waals surface area contributed by atoms with Gasteiger partial charge in [-0.3, -0.25) is 4.79 Å². The highest BCUT2D eigenvalue weighted by atomic mass is 35.5. The fourth-order valence-electron chi connectivity index (χ4n) is 2.80. The lowest BCUT2D eigenvalue weighted by molar-refractivity contribution is 0.100. The van der Waals surface area contributed by atoms with Crippen LogP contribution in [0.1, 0.15) is 36.5 Å². The molecule has 1 atom stereocenters. The quantitative estimate of drug-likeness (QED) is 0.877. The molecule has 1 saturated heterocycles. The molecule has 0 spiro atoms. The number of rotatable bonds is 5. The summed E-state index contributed by atoms with van der Waals surface area (Å²) in [6.07, 6.45) is 3.32. The molecule has 0 aromatic heterocycles. The molecule has 5 heteroatoms. The number of carbonyl (C=O) groups excluding carboxylic acids is 1. The lowest BCUT2D eigenvalue weighted by atomic mass is 10.0. The molecule has 0 saturated carbocycles. The second-order valence-corrected chi connectivity index (χ2v) is 5.66. The maximum Gasteiger partial charge on any atom is 0.250 e. The Balaban J connectivity index is 2.35. The van der Waals surface area contributed by atoms with Gasteiger partial charge in [0, 0.05) is 29.8 Å². The van der Waals surface area contributed by atoms with E-state index in [0.29, 0.717) is 16.6 Å². The van der Waals surface area contributed by atoms with Gasteiger partial charge in [0.15, 0.2) is 0 Å². The lowest BCUT2D eigenvalue weighted by Crippen LogP contribution is -2.47. The number of carbonyl (C=O) groups is 1. The number of primary amides is 1. The Morgan fingerprint density at radius 3 is 2.95 bits per heavy atom. The summed E-state index contributed by atoms with van der Waals surface area (Å²) >= 11 is 5.99. The summed E-state index contributed by atoms with van der Waals surface area (Å²) in [6.45, 7) is 5.07. The number of piperidine rings is 1. The van der Waals surface area contributed by atoms with E-state index in [0.717, 1.165) is 44.6 Å². The Kier molecular flexibility index (Phi) is 5.26. The summed E-state index contributed by atoms with van der Waals surface area (Å²) in [5, 5.41) is 3.96. The van der Waals surface area contributed by atoms with Crippen LogP contribution in [0, 0.1) is 0 Å². The van der Waals surface area contributed by atoms with Crippen LogP contribution in [0.3, 0.4) is 0 Å². The molecule has 1 aromatic rings. The topological polar surface area (TPSA) is 58.4 Å². The summed E-state index contributed by atoms with van der Waals surface area (Å²) in [6, 6.07) is 5.80. The predicted octanol–water partition coefficient (Wildman–Crippen LogP) is 2.41. The summed E-state index contributed by atoms with van der Waals surface area (Å²) in [4.78, 5) is 14.0. The van der Waals surface area contributed by atoms with E-state index in [1.165, 1.54) is 0 Å². The lowest BCUT2D eigenvalue weighted by Gasteiger charge is -2.37. The van der Waals surface area contributed by atoms with Crippen LogP contribution in [0.25, 0.3) is 0 Å². The van der Waals surface area contributed by atoms with E-state index in [9.17, 15) is 4.79 Å². The summed E-state index contributed by atoms with van der Waals surface area (Å²) in [5.74, 6) is -0.424. The highest BCUT2D eigenvalue weighted by Crippen LogP contribution is 2.27. The molecule has 2 rings (SSSR count). The minimum absolute atomic E-state index is 0.406.